The van der Waals surface area contributed by atoms with Gasteiger partial charge in [0.1, 0.15) is 17.5 Å². The van der Waals surface area contributed by atoms with Crippen molar-refractivity contribution in [2.45, 2.75) is 52.3 Å². The summed E-state index contributed by atoms with van der Waals surface area (Å²) >= 11 is 0. The minimum absolute atomic E-state index is 0.00257. The van der Waals surface area contributed by atoms with Crippen LogP contribution in [0.2, 0.25) is 0 Å². The summed E-state index contributed by atoms with van der Waals surface area (Å²) in [6, 6.07) is 4.83. The fourth-order valence-electron chi connectivity index (χ4n) is 2.23. The van der Waals surface area contributed by atoms with E-state index in [1.54, 1.807) is 32.9 Å². The van der Waals surface area contributed by atoms with Crippen LogP contribution in [0.1, 0.15) is 39.7 Å². The van der Waals surface area contributed by atoms with E-state index in [-0.39, 0.29) is 25.3 Å². The molecule has 0 aliphatic carbocycles. The highest BCUT2D eigenvalue weighted by Gasteiger charge is 2.25. The lowest BCUT2D eigenvalue weighted by atomic mass is 10.1. The molecule has 150 valence electrons. The quantitative estimate of drug-likeness (QED) is 0.733. The predicted molar refractivity (Wildman–Crippen MR) is 97.3 cm³/mol. The molecular weight excluding hydrogens is 355 g/mol. The molecule has 1 aromatic rings. The summed E-state index contributed by atoms with van der Waals surface area (Å²) < 4.78 is 22.8. The topological polar surface area (TPSA) is 84.9 Å². The standard InChI is InChI=1S/C19H27FN2O5/c1-13(21-18(25)27-19(2,3)4)17(24)22(11-10-16(23)26-5)12-14-6-8-15(20)9-7-14/h6-9,13H,10-12H2,1-5H3,(H,21,25)/t13-/m0/s1. The van der Waals surface area contributed by atoms with Crippen LogP contribution in [0.3, 0.4) is 0 Å². The number of amides is 2. The first-order valence-corrected chi connectivity index (χ1v) is 8.61. The van der Waals surface area contributed by atoms with Gasteiger partial charge in [0.05, 0.1) is 13.5 Å². The lowest BCUT2D eigenvalue weighted by molar-refractivity contribution is -0.142. The largest absolute Gasteiger partial charge is 0.469 e. The van der Waals surface area contributed by atoms with Gasteiger partial charge < -0.3 is 19.7 Å². The molecule has 8 heteroatoms. The maximum absolute atomic E-state index is 13.1. The molecule has 0 unspecified atom stereocenters. The lowest BCUT2D eigenvalue weighted by Gasteiger charge is -2.27. The summed E-state index contributed by atoms with van der Waals surface area (Å²) in [5.74, 6) is -1.24. The predicted octanol–water partition coefficient (Wildman–Crippen LogP) is 2.63. The molecule has 1 N–H and O–H groups in total. The van der Waals surface area contributed by atoms with Gasteiger partial charge in [-0.15, -0.1) is 0 Å². The second-order valence-electron chi connectivity index (χ2n) is 7.08. The van der Waals surface area contributed by atoms with E-state index in [1.165, 1.54) is 31.1 Å². The molecule has 1 aromatic carbocycles. The van der Waals surface area contributed by atoms with Crippen molar-refractivity contribution >= 4 is 18.0 Å². The monoisotopic (exact) mass is 382 g/mol. The van der Waals surface area contributed by atoms with Crippen molar-refractivity contribution in [3.63, 3.8) is 0 Å². The van der Waals surface area contributed by atoms with Crippen LogP contribution in [0.25, 0.3) is 0 Å². The summed E-state index contributed by atoms with van der Waals surface area (Å²) in [6.07, 6.45) is -0.708. The van der Waals surface area contributed by atoms with Crippen molar-refractivity contribution in [3.05, 3.63) is 35.6 Å². The third-order valence-electron chi connectivity index (χ3n) is 3.52. The number of rotatable bonds is 7. The first kappa shape index (κ1) is 22.4. The Balaban J connectivity index is 2.82. The van der Waals surface area contributed by atoms with Gasteiger partial charge in [-0.2, -0.15) is 0 Å². The van der Waals surface area contributed by atoms with E-state index in [1.807, 2.05) is 0 Å². The number of esters is 1. The van der Waals surface area contributed by atoms with Gasteiger partial charge in [-0.1, -0.05) is 12.1 Å². The Bertz CT molecular complexity index is 655. The number of carbonyl (C=O) groups excluding carboxylic acids is 3. The molecule has 27 heavy (non-hydrogen) atoms. The van der Waals surface area contributed by atoms with Gasteiger partial charge in [-0.3, -0.25) is 9.59 Å². The number of nitrogens with one attached hydrogen (secondary N) is 1. The zero-order valence-electron chi connectivity index (χ0n) is 16.4. The molecule has 0 heterocycles. The molecule has 0 aliphatic heterocycles. The number of hydrogen-bond donors (Lipinski definition) is 1. The highest BCUT2D eigenvalue weighted by atomic mass is 19.1. The van der Waals surface area contributed by atoms with Crippen LogP contribution in [0.5, 0.6) is 0 Å². The molecule has 1 rings (SSSR count). The van der Waals surface area contributed by atoms with Gasteiger partial charge in [-0.25, -0.2) is 9.18 Å². The van der Waals surface area contributed by atoms with Gasteiger partial charge >= 0.3 is 12.1 Å². The van der Waals surface area contributed by atoms with E-state index in [2.05, 4.69) is 10.1 Å². The minimum Gasteiger partial charge on any atom is -0.469 e. The Labute approximate surface area is 158 Å². The Kier molecular flexibility index (Phi) is 8.21. The van der Waals surface area contributed by atoms with Gasteiger partial charge in [0.2, 0.25) is 5.91 Å². The molecule has 0 saturated heterocycles. The minimum atomic E-state index is -0.863. The summed E-state index contributed by atoms with van der Waals surface area (Å²) in [5.41, 5.74) is 0.00464. The van der Waals surface area contributed by atoms with Crippen LogP contribution in [-0.4, -0.2) is 48.2 Å². The zero-order valence-corrected chi connectivity index (χ0v) is 16.4. The summed E-state index contributed by atoms with van der Waals surface area (Å²) in [5, 5.41) is 2.48. The fourth-order valence-corrected chi connectivity index (χ4v) is 2.23. The van der Waals surface area contributed by atoms with Crippen molar-refractivity contribution in [2.24, 2.45) is 0 Å². The van der Waals surface area contributed by atoms with Crippen molar-refractivity contribution in [1.29, 1.82) is 0 Å². The van der Waals surface area contributed by atoms with Crippen LogP contribution < -0.4 is 5.32 Å². The number of halogens is 1. The van der Waals surface area contributed by atoms with E-state index < -0.39 is 29.6 Å². The second-order valence-corrected chi connectivity index (χ2v) is 7.08. The molecular formula is C19H27FN2O5. The number of nitrogens with zero attached hydrogens (tertiary/aromatic N) is 1. The van der Waals surface area contributed by atoms with Gasteiger partial charge in [0.25, 0.3) is 0 Å². The third kappa shape index (κ3) is 8.52. The molecule has 7 nitrogen and oxygen atoms in total. The maximum Gasteiger partial charge on any atom is 0.408 e. The molecule has 2 amide bonds. The summed E-state index contributed by atoms with van der Waals surface area (Å²) in [6.45, 7) is 6.95. The first-order valence-electron chi connectivity index (χ1n) is 8.61. The van der Waals surface area contributed by atoms with Crippen LogP contribution >= 0.6 is 0 Å². The van der Waals surface area contributed by atoms with Crippen molar-refractivity contribution in [3.8, 4) is 0 Å². The summed E-state index contributed by atoms with van der Waals surface area (Å²) in [7, 11) is 1.27. The average Bonchev–Trinajstić information content (AvgIpc) is 2.57. The van der Waals surface area contributed by atoms with E-state index in [4.69, 9.17) is 4.74 Å². The Morgan fingerprint density at radius 1 is 1.19 bits per heavy atom. The van der Waals surface area contributed by atoms with Crippen molar-refractivity contribution in [1.82, 2.24) is 10.2 Å². The fraction of sp³-hybridized carbons (Fsp3) is 0.526. The van der Waals surface area contributed by atoms with Gasteiger partial charge in [-0.05, 0) is 45.4 Å². The van der Waals surface area contributed by atoms with E-state index in [0.29, 0.717) is 5.56 Å². The smallest absolute Gasteiger partial charge is 0.408 e. The number of carbonyl (C=O) groups is 3. The zero-order chi connectivity index (χ0) is 20.6. The number of ether oxygens (including phenoxy) is 2. The lowest BCUT2D eigenvalue weighted by Crippen LogP contribution is -2.48. The van der Waals surface area contributed by atoms with Crippen LogP contribution in [0, 0.1) is 5.82 Å². The molecule has 0 fully saturated rings. The highest BCUT2D eigenvalue weighted by molar-refractivity contribution is 5.85. The van der Waals surface area contributed by atoms with Crippen LogP contribution in [0.15, 0.2) is 24.3 Å². The summed E-state index contributed by atoms with van der Waals surface area (Å²) in [4.78, 5) is 37.5. The normalized spacial score (nSPS) is 12.1. The number of hydrogen-bond acceptors (Lipinski definition) is 5. The van der Waals surface area contributed by atoms with Crippen molar-refractivity contribution in [2.75, 3.05) is 13.7 Å². The van der Waals surface area contributed by atoms with E-state index in [0.717, 1.165) is 0 Å². The van der Waals surface area contributed by atoms with E-state index in [9.17, 15) is 18.8 Å². The first-order chi connectivity index (χ1) is 12.5. The maximum atomic E-state index is 13.1. The average molecular weight is 382 g/mol. The molecule has 0 bridgehead atoms. The van der Waals surface area contributed by atoms with Crippen LogP contribution in [0.4, 0.5) is 9.18 Å². The third-order valence-corrected chi connectivity index (χ3v) is 3.52. The number of benzene rings is 1. The Hall–Kier alpha value is -2.64. The molecule has 0 saturated carbocycles. The Morgan fingerprint density at radius 3 is 2.30 bits per heavy atom. The molecule has 1 atom stereocenters. The van der Waals surface area contributed by atoms with Gasteiger partial charge in [0.15, 0.2) is 0 Å². The SMILES string of the molecule is COC(=O)CCN(Cc1ccc(F)cc1)C(=O)[C@H](C)NC(=O)OC(C)(C)C. The number of methoxy groups -OCH3 is 1. The molecule has 0 aromatic heterocycles. The molecule has 0 spiro atoms. The second kappa shape index (κ2) is 9.89. The van der Waals surface area contributed by atoms with E-state index >= 15 is 0 Å². The Morgan fingerprint density at radius 2 is 1.78 bits per heavy atom. The molecule has 0 radical (unpaired) electrons. The number of alkyl carbamates (subject to hydrolysis) is 1. The van der Waals surface area contributed by atoms with Gasteiger partial charge in [0, 0.05) is 13.1 Å². The van der Waals surface area contributed by atoms with Crippen LogP contribution in [-0.2, 0) is 25.6 Å². The van der Waals surface area contributed by atoms with Crippen molar-refractivity contribution < 1.29 is 28.2 Å². The highest BCUT2D eigenvalue weighted by Crippen LogP contribution is 2.11. The molecule has 0 aliphatic rings.